The lowest BCUT2D eigenvalue weighted by Gasteiger charge is -2.19. The second kappa shape index (κ2) is 6.27. The van der Waals surface area contributed by atoms with E-state index in [0.29, 0.717) is 12.0 Å². The predicted molar refractivity (Wildman–Crippen MR) is 76.2 cm³/mol. The molecule has 5 heteroatoms. The quantitative estimate of drug-likeness (QED) is 0.645. The summed E-state index contributed by atoms with van der Waals surface area (Å²) in [5, 5.41) is 21.2. The molecule has 0 saturated heterocycles. The summed E-state index contributed by atoms with van der Waals surface area (Å²) in [7, 11) is 0. The van der Waals surface area contributed by atoms with Gasteiger partial charge in [-0.15, -0.1) is 0 Å². The van der Waals surface area contributed by atoms with E-state index in [9.17, 15) is 15.2 Å². The molecule has 104 valence electrons. The third-order valence-electron chi connectivity index (χ3n) is 3.19. The van der Waals surface area contributed by atoms with Crippen LogP contribution in [0.25, 0.3) is 0 Å². The Labute approximate surface area is 116 Å². The molecule has 2 rings (SSSR count). The van der Waals surface area contributed by atoms with Crippen LogP contribution in [0.1, 0.15) is 17.2 Å². The van der Waals surface area contributed by atoms with Crippen molar-refractivity contribution < 1.29 is 10.0 Å². The van der Waals surface area contributed by atoms with Gasteiger partial charge < -0.3 is 10.8 Å². The highest BCUT2D eigenvalue weighted by Crippen LogP contribution is 2.26. The van der Waals surface area contributed by atoms with Crippen LogP contribution in [0.4, 0.5) is 5.69 Å². The maximum Gasteiger partial charge on any atom is 0.274 e. The minimum Gasteiger partial charge on any atom is -0.391 e. The predicted octanol–water partition coefficient (Wildman–Crippen LogP) is 2.20. The zero-order chi connectivity index (χ0) is 14.5. The molecule has 20 heavy (non-hydrogen) atoms. The van der Waals surface area contributed by atoms with Gasteiger partial charge in [-0.2, -0.15) is 0 Å². The van der Waals surface area contributed by atoms with Crippen molar-refractivity contribution in [1.82, 2.24) is 0 Å². The van der Waals surface area contributed by atoms with Crippen molar-refractivity contribution in [2.24, 2.45) is 5.73 Å². The number of nitro groups is 1. The standard InChI is InChI=1S/C15H16N2O3/c16-15(12-8-4-5-9-13(12)17(19)20)14(18)10-11-6-2-1-3-7-11/h1-9,14-15,18H,10,16H2/t14-,15+/m0/s1. The molecule has 0 spiro atoms. The van der Waals surface area contributed by atoms with Gasteiger partial charge in [-0.3, -0.25) is 10.1 Å². The molecule has 0 bridgehead atoms. The largest absolute Gasteiger partial charge is 0.391 e. The summed E-state index contributed by atoms with van der Waals surface area (Å²) in [6.45, 7) is 0. The number of nitrogens with two attached hydrogens (primary N) is 1. The van der Waals surface area contributed by atoms with E-state index in [1.165, 1.54) is 6.07 Å². The Bertz CT molecular complexity index is 587. The number of nitro benzene ring substituents is 1. The Kier molecular flexibility index (Phi) is 4.45. The summed E-state index contributed by atoms with van der Waals surface area (Å²) in [6, 6.07) is 14.8. The van der Waals surface area contributed by atoms with Gasteiger partial charge in [0.05, 0.1) is 17.1 Å². The average molecular weight is 272 g/mol. The molecule has 0 aliphatic rings. The monoisotopic (exact) mass is 272 g/mol. The fourth-order valence-electron chi connectivity index (χ4n) is 2.13. The second-order valence-electron chi connectivity index (χ2n) is 4.60. The Hall–Kier alpha value is -2.24. The molecule has 0 radical (unpaired) electrons. The van der Waals surface area contributed by atoms with Crippen LogP contribution >= 0.6 is 0 Å². The molecule has 0 aliphatic carbocycles. The van der Waals surface area contributed by atoms with Gasteiger partial charge in [0.2, 0.25) is 0 Å². The zero-order valence-electron chi connectivity index (χ0n) is 10.8. The van der Waals surface area contributed by atoms with E-state index in [1.54, 1.807) is 18.2 Å². The van der Waals surface area contributed by atoms with Gasteiger partial charge in [0.25, 0.3) is 5.69 Å². The highest BCUT2D eigenvalue weighted by atomic mass is 16.6. The van der Waals surface area contributed by atoms with Crippen molar-refractivity contribution in [1.29, 1.82) is 0 Å². The number of hydrogen-bond acceptors (Lipinski definition) is 4. The van der Waals surface area contributed by atoms with Gasteiger partial charge in [0.1, 0.15) is 0 Å². The normalized spacial score (nSPS) is 13.7. The van der Waals surface area contributed by atoms with Crippen molar-refractivity contribution in [2.75, 3.05) is 0 Å². The van der Waals surface area contributed by atoms with Gasteiger partial charge in [0.15, 0.2) is 0 Å². The summed E-state index contributed by atoms with van der Waals surface area (Å²) in [6.07, 6.45) is -0.521. The Morgan fingerprint density at radius 3 is 2.35 bits per heavy atom. The Morgan fingerprint density at radius 1 is 1.10 bits per heavy atom. The fourth-order valence-corrected chi connectivity index (χ4v) is 2.13. The molecule has 0 aromatic heterocycles. The number of benzene rings is 2. The van der Waals surface area contributed by atoms with Crippen molar-refractivity contribution in [3.05, 3.63) is 75.8 Å². The van der Waals surface area contributed by atoms with Gasteiger partial charge >= 0.3 is 0 Å². The number of aliphatic hydroxyl groups is 1. The average Bonchev–Trinajstić information content (AvgIpc) is 2.47. The van der Waals surface area contributed by atoms with E-state index in [1.807, 2.05) is 30.3 Å². The molecule has 5 nitrogen and oxygen atoms in total. The summed E-state index contributed by atoms with van der Waals surface area (Å²) >= 11 is 0. The van der Waals surface area contributed by atoms with E-state index in [0.717, 1.165) is 5.56 Å². The number of aliphatic hydroxyl groups excluding tert-OH is 1. The van der Waals surface area contributed by atoms with E-state index in [-0.39, 0.29) is 5.69 Å². The molecule has 0 unspecified atom stereocenters. The van der Waals surface area contributed by atoms with E-state index >= 15 is 0 Å². The van der Waals surface area contributed by atoms with Gasteiger partial charge in [-0.25, -0.2) is 0 Å². The minimum atomic E-state index is -0.876. The number of hydrogen-bond donors (Lipinski definition) is 2. The molecule has 2 aromatic rings. The first-order valence-corrected chi connectivity index (χ1v) is 6.30. The lowest BCUT2D eigenvalue weighted by molar-refractivity contribution is -0.385. The zero-order valence-corrected chi connectivity index (χ0v) is 10.8. The van der Waals surface area contributed by atoms with Crippen LogP contribution in [0.2, 0.25) is 0 Å². The molecule has 2 aromatic carbocycles. The van der Waals surface area contributed by atoms with E-state index in [2.05, 4.69) is 0 Å². The molecule has 3 N–H and O–H groups in total. The van der Waals surface area contributed by atoms with Gasteiger partial charge in [0, 0.05) is 18.1 Å². The van der Waals surface area contributed by atoms with Crippen LogP contribution in [0.5, 0.6) is 0 Å². The molecule has 0 amide bonds. The van der Waals surface area contributed by atoms with Crippen molar-refractivity contribution in [3.8, 4) is 0 Å². The summed E-state index contributed by atoms with van der Waals surface area (Å²) < 4.78 is 0. The maximum atomic E-state index is 11.0. The third kappa shape index (κ3) is 3.20. The first kappa shape index (κ1) is 14.2. The number of rotatable bonds is 5. The second-order valence-corrected chi connectivity index (χ2v) is 4.60. The molecule has 0 aliphatic heterocycles. The molecular weight excluding hydrogens is 256 g/mol. The molecule has 0 fully saturated rings. The van der Waals surface area contributed by atoms with Crippen LogP contribution in [0, 0.1) is 10.1 Å². The van der Waals surface area contributed by atoms with Crippen LogP contribution in [-0.2, 0) is 6.42 Å². The third-order valence-corrected chi connectivity index (χ3v) is 3.19. The van der Waals surface area contributed by atoms with Crippen molar-refractivity contribution in [2.45, 2.75) is 18.6 Å². The highest BCUT2D eigenvalue weighted by Gasteiger charge is 2.24. The topological polar surface area (TPSA) is 89.4 Å². The Morgan fingerprint density at radius 2 is 1.70 bits per heavy atom. The highest BCUT2D eigenvalue weighted by molar-refractivity contribution is 5.42. The Balaban J connectivity index is 2.19. The molecular formula is C15H16N2O3. The SMILES string of the molecule is N[C@H](c1ccccc1[N+](=O)[O-])[C@@H](O)Cc1ccccc1. The smallest absolute Gasteiger partial charge is 0.274 e. The lowest BCUT2D eigenvalue weighted by atomic mass is 9.96. The van der Waals surface area contributed by atoms with Crippen LogP contribution < -0.4 is 5.73 Å². The van der Waals surface area contributed by atoms with Crippen LogP contribution in [-0.4, -0.2) is 16.1 Å². The minimum absolute atomic E-state index is 0.0629. The number of nitrogens with zero attached hydrogens (tertiary/aromatic N) is 1. The van der Waals surface area contributed by atoms with E-state index < -0.39 is 17.1 Å². The summed E-state index contributed by atoms with van der Waals surface area (Å²) in [5.74, 6) is 0. The molecule has 0 heterocycles. The summed E-state index contributed by atoms with van der Waals surface area (Å²) in [4.78, 5) is 10.5. The van der Waals surface area contributed by atoms with Gasteiger partial charge in [-0.1, -0.05) is 48.5 Å². The molecule has 2 atom stereocenters. The number of para-hydroxylation sites is 1. The first-order valence-electron chi connectivity index (χ1n) is 6.30. The molecule has 0 saturated carbocycles. The maximum absolute atomic E-state index is 11.0. The van der Waals surface area contributed by atoms with Crippen molar-refractivity contribution in [3.63, 3.8) is 0 Å². The fraction of sp³-hybridized carbons (Fsp3) is 0.200. The lowest BCUT2D eigenvalue weighted by Crippen LogP contribution is -2.28. The van der Waals surface area contributed by atoms with E-state index in [4.69, 9.17) is 5.73 Å². The van der Waals surface area contributed by atoms with Crippen LogP contribution in [0.15, 0.2) is 54.6 Å². The van der Waals surface area contributed by atoms with Crippen LogP contribution in [0.3, 0.4) is 0 Å². The van der Waals surface area contributed by atoms with Gasteiger partial charge in [-0.05, 0) is 5.56 Å². The van der Waals surface area contributed by atoms with Crippen molar-refractivity contribution >= 4 is 5.69 Å². The summed E-state index contributed by atoms with van der Waals surface area (Å²) in [5.41, 5.74) is 7.19. The first-order chi connectivity index (χ1) is 9.59.